The lowest BCUT2D eigenvalue weighted by Gasteiger charge is -2.33. The number of rotatable bonds is 1. The van der Waals surface area contributed by atoms with Crippen LogP contribution in [0.4, 0.5) is 17.1 Å². The third kappa shape index (κ3) is 2.00. The van der Waals surface area contributed by atoms with E-state index < -0.39 is 0 Å². The van der Waals surface area contributed by atoms with Gasteiger partial charge in [0.2, 0.25) is 0 Å². The molecule has 100 valence electrons. The smallest absolute Gasteiger partial charge is 0.0992 e. The molecule has 3 nitrogen and oxygen atoms in total. The minimum Gasteiger partial charge on any atom is -0.382 e. The Morgan fingerprint density at radius 2 is 2.00 bits per heavy atom. The first-order valence-electron chi connectivity index (χ1n) is 6.82. The summed E-state index contributed by atoms with van der Waals surface area (Å²) in [5, 5.41) is 12.4. The van der Waals surface area contributed by atoms with Crippen molar-refractivity contribution in [1.29, 1.82) is 5.26 Å². The molecule has 0 spiro atoms. The summed E-state index contributed by atoms with van der Waals surface area (Å²) in [5.74, 6) is 0. The maximum atomic E-state index is 9.01. The first-order chi connectivity index (χ1) is 9.70. The zero-order valence-corrected chi connectivity index (χ0v) is 11.8. The van der Waals surface area contributed by atoms with Gasteiger partial charge in [-0.2, -0.15) is 5.26 Å². The van der Waals surface area contributed by atoms with E-state index in [2.05, 4.69) is 48.3 Å². The highest BCUT2D eigenvalue weighted by atomic mass is 15.2. The van der Waals surface area contributed by atoms with Crippen molar-refractivity contribution in [1.82, 2.24) is 0 Å². The molecule has 0 aromatic heterocycles. The molecule has 0 radical (unpaired) electrons. The minimum atomic E-state index is 0.694. The van der Waals surface area contributed by atoms with Crippen LogP contribution in [0.1, 0.15) is 16.7 Å². The molecular formula is C17H17N3. The van der Waals surface area contributed by atoms with Crippen molar-refractivity contribution >= 4 is 17.1 Å². The van der Waals surface area contributed by atoms with Gasteiger partial charge in [-0.25, -0.2) is 0 Å². The van der Waals surface area contributed by atoms with E-state index in [0.717, 1.165) is 24.5 Å². The maximum absolute atomic E-state index is 9.01. The van der Waals surface area contributed by atoms with Crippen molar-refractivity contribution in [3.05, 3.63) is 53.1 Å². The molecule has 1 aliphatic rings. The van der Waals surface area contributed by atoms with Gasteiger partial charge in [-0.05, 0) is 49.2 Å². The number of nitrogens with zero attached hydrogens (tertiary/aromatic N) is 2. The van der Waals surface area contributed by atoms with E-state index in [1.165, 1.54) is 16.8 Å². The average molecular weight is 263 g/mol. The fraction of sp³-hybridized carbons (Fsp3) is 0.235. The fourth-order valence-corrected chi connectivity index (χ4v) is 2.68. The Bertz CT molecular complexity index is 698. The van der Waals surface area contributed by atoms with Gasteiger partial charge in [-0.15, -0.1) is 0 Å². The van der Waals surface area contributed by atoms with Gasteiger partial charge in [-0.1, -0.05) is 12.1 Å². The van der Waals surface area contributed by atoms with E-state index in [0.29, 0.717) is 5.56 Å². The Hall–Kier alpha value is -2.47. The van der Waals surface area contributed by atoms with Gasteiger partial charge in [0.05, 0.1) is 23.0 Å². The van der Waals surface area contributed by atoms with E-state index in [-0.39, 0.29) is 0 Å². The molecule has 0 atom stereocenters. The van der Waals surface area contributed by atoms with Crippen LogP contribution in [0.2, 0.25) is 0 Å². The van der Waals surface area contributed by atoms with E-state index in [1.807, 2.05) is 18.2 Å². The van der Waals surface area contributed by atoms with Crippen LogP contribution in [0.3, 0.4) is 0 Å². The molecule has 0 fully saturated rings. The fourth-order valence-electron chi connectivity index (χ4n) is 2.68. The van der Waals surface area contributed by atoms with Gasteiger partial charge in [-0.3, -0.25) is 0 Å². The largest absolute Gasteiger partial charge is 0.382 e. The number of nitrogens with one attached hydrogen (secondary N) is 1. The number of fused-ring (bicyclic) bond motifs is 1. The van der Waals surface area contributed by atoms with Crippen LogP contribution in [0.5, 0.6) is 0 Å². The molecule has 20 heavy (non-hydrogen) atoms. The summed E-state index contributed by atoms with van der Waals surface area (Å²) in [6.07, 6.45) is 0. The van der Waals surface area contributed by atoms with Crippen molar-refractivity contribution in [2.24, 2.45) is 0 Å². The topological polar surface area (TPSA) is 39.1 Å². The molecule has 1 heterocycles. The highest BCUT2D eigenvalue weighted by molar-refractivity contribution is 5.80. The number of aryl methyl sites for hydroxylation is 1. The normalized spacial score (nSPS) is 13.3. The second kappa shape index (κ2) is 4.90. The van der Waals surface area contributed by atoms with Crippen LogP contribution in [0.25, 0.3) is 0 Å². The number of nitriles is 1. The zero-order valence-electron chi connectivity index (χ0n) is 11.8. The third-order valence-corrected chi connectivity index (χ3v) is 3.93. The summed E-state index contributed by atoms with van der Waals surface area (Å²) >= 11 is 0. The molecule has 1 N–H and O–H groups in total. The van der Waals surface area contributed by atoms with E-state index in [1.54, 1.807) is 0 Å². The summed E-state index contributed by atoms with van der Waals surface area (Å²) in [6, 6.07) is 14.4. The molecule has 0 saturated carbocycles. The Balaban J connectivity index is 2.10. The lowest BCUT2D eigenvalue weighted by Crippen LogP contribution is -2.30. The molecular weight excluding hydrogens is 246 g/mol. The van der Waals surface area contributed by atoms with Crippen molar-refractivity contribution in [3.8, 4) is 6.07 Å². The van der Waals surface area contributed by atoms with Crippen molar-refractivity contribution < 1.29 is 0 Å². The summed E-state index contributed by atoms with van der Waals surface area (Å²) in [6.45, 7) is 6.12. The van der Waals surface area contributed by atoms with E-state index in [9.17, 15) is 0 Å². The molecule has 3 heteroatoms. The van der Waals surface area contributed by atoms with Gasteiger partial charge in [0.1, 0.15) is 0 Å². The molecule has 0 saturated heterocycles. The molecule has 1 aliphatic heterocycles. The number of hydrogen-bond donors (Lipinski definition) is 1. The van der Waals surface area contributed by atoms with Crippen molar-refractivity contribution in [2.45, 2.75) is 13.8 Å². The molecule has 0 amide bonds. The van der Waals surface area contributed by atoms with Gasteiger partial charge in [0, 0.05) is 18.8 Å². The SMILES string of the molecule is Cc1cccc(N2CCNc3cc(C#N)ccc32)c1C. The van der Waals surface area contributed by atoms with Crippen LogP contribution in [0.15, 0.2) is 36.4 Å². The van der Waals surface area contributed by atoms with Crippen molar-refractivity contribution in [2.75, 3.05) is 23.3 Å². The first-order valence-corrected chi connectivity index (χ1v) is 6.82. The van der Waals surface area contributed by atoms with E-state index in [4.69, 9.17) is 5.26 Å². The predicted molar refractivity (Wildman–Crippen MR) is 82.6 cm³/mol. The third-order valence-electron chi connectivity index (χ3n) is 3.93. The summed E-state index contributed by atoms with van der Waals surface area (Å²) in [4.78, 5) is 2.33. The summed E-state index contributed by atoms with van der Waals surface area (Å²) in [7, 11) is 0. The first kappa shape index (κ1) is 12.6. The standard InChI is InChI=1S/C17H17N3/c1-12-4-3-5-16(13(12)2)20-9-8-19-15-10-14(11-18)6-7-17(15)20/h3-7,10,19H,8-9H2,1-2H3. The van der Waals surface area contributed by atoms with E-state index >= 15 is 0 Å². The summed E-state index contributed by atoms with van der Waals surface area (Å²) in [5.41, 5.74) is 6.73. The van der Waals surface area contributed by atoms with Crippen molar-refractivity contribution in [3.63, 3.8) is 0 Å². The van der Waals surface area contributed by atoms with Gasteiger partial charge < -0.3 is 10.2 Å². The van der Waals surface area contributed by atoms with Crippen LogP contribution < -0.4 is 10.2 Å². The highest BCUT2D eigenvalue weighted by Crippen LogP contribution is 2.37. The lowest BCUT2D eigenvalue weighted by molar-refractivity contribution is 0.921. The Morgan fingerprint density at radius 3 is 2.80 bits per heavy atom. The van der Waals surface area contributed by atoms with Crippen LogP contribution in [0, 0.1) is 25.2 Å². The predicted octanol–water partition coefficient (Wildman–Crippen LogP) is 3.74. The molecule has 0 aliphatic carbocycles. The molecule has 0 bridgehead atoms. The van der Waals surface area contributed by atoms with Crippen LogP contribution in [-0.2, 0) is 0 Å². The second-order valence-corrected chi connectivity index (χ2v) is 5.14. The van der Waals surface area contributed by atoms with Gasteiger partial charge >= 0.3 is 0 Å². The molecule has 3 rings (SSSR count). The lowest BCUT2D eigenvalue weighted by atomic mass is 10.0. The molecule has 2 aromatic carbocycles. The second-order valence-electron chi connectivity index (χ2n) is 5.14. The monoisotopic (exact) mass is 263 g/mol. The van der Waals surface area contributed by atoms with Crippen LogP contribution >= 0.6 is 0 Å². The quantitative estimate of drug-likeness (QED) is 0.852. The summed E-state index contributed by atoms with van der Waals surface area (Å²) < 4.78 is 0. The Labute approximate surface area is 119 Å². The van der Waals surface area contributed by atoms with Gasteiger partial charge in [0.15, 0.2) is 0 Å². The average Bonchev–Trinajstić information content (AvgIpc) is 2.49. The molecule has 0 unspecified atom stereocenters. The number of hydrogen-bond acceptors (Lipinski definition) is 3. The zero-order chi connectivity index (χ0) is 14.1. The maximum Gasteiger partial charge on any atom is 0.0992 e. The number of benzene rings is 2. The number of anilines is 3. The van der Waals surface area contributed by atoms with Gasteiger partial charge in [0.25, 0.3) is 0 Å². The Morgan fingerprint density at radius 1 is 1.15 bits per heavy atom. The van der Waals surface area contributed by atoms with Crippen LogP contribution in [-0.4, -0.2) is 13.1 Å². The minimum absolute atomic E-state index is 0.694. The molecule has 2 aromatic rings. The Kier molecular flexibility index (Phi) is 3.08. The highest BCUT2D eigenvalue weighted by Gasteiger charge is 2.19.